The molecular formula is C10H6BrNOS. The molecule has 0 aliphatic rings. The van der Waals surface area contributed by atoms with E-state index in [1.165, 1.54) is 11.3 Å². The van der Waals surface area contributed by atoms with Gasteiger partial charge in [0.15, 0.2) is 11.3 Å². The molecule has 0 bridgehead atoms. The smallest absolute Gasteiger partial charge is 0.178 e. The van der Waals surface area contributed by atoms with E-state index >= 15 is 0 Å². The van der Waals surface area contributed by atoms with Crippen molar-refractivity contribution < 1.29 is 4.79 Å². The van der Waals surface area contributed by atoms with E-state index in [1.54, 1.807) is 6.20 Å². The summed E-state index contributed by atoms with van der Waals surface area (Å²) in [6, 6.07) is 7.87. The number of thiazole rings is 1. The van der Waals surface area contributed by atoms with E-state index in [2.05, 4.69) is 20.9 Å². The van der Waals surface area contributed by atoms with Gasteiger partial charge in [0.05, 0.1) is 4.88 Å². The minimum Gasteiger partial charge on any atom is -0.295 e. The summed E-state index contributed by atoms with van der Waals surface area (Å²) in [7, 11) is 0. The molecule has 0 N–H and O–H groups in total. The van der Waals surface area contributed by atoms with Gasteiger partial charge in [-0.25, -0.2) is 4.98 Å². The number of rotatable bonds is 2. The van der Waals surface area contributed by atoms with E-state index < -0.39 is 0 Å². The highest BCUT2D eigenvalue weighted by Gasteiger charge is 2.05. The van der Waals surface area contributed by atoms with Gasteiger partial charge < -0.3 is 0 Å². The Morgan fingerprint density at radius 1 is 1.36 bits per heavy atom. The van der Waals surface area contributed by atoms with Gasteiger partial charge >= 0.3 is 0 Å². The molecule has 1 heterocycles. The van der Waals surface area contributed by atoms with Crippen molar-refractivity contribution in [1.29, 1.82) is 0 Å². The molecule has 0 saturated heterocycles. The first kappa shape index (κ1) is 9.55. The fourth-order valence-electron chi connectivity index (χ4n) is 1.13. The molecule has 14 heavy (non-hydrogen) atoms. The first-order valence-corrected chi connectivity index (χ1v) is 5.58. The third-order valence-corrected chi connectivity index (χ3v) is 3.41. The van der Waals surface area contributed by atoms with E-state index in [1.807, 2.05) is 24.3 Å². The van der Waals surface area contributed by atoms with Gasteiger partial charge in [0.1, 0.15) is 0 Å². The van der Waals surface area contributed by atoms with Crippen molar-refractivity contribution in [3.05, 3.63) is 39.9 Å². The van der Waals surface area contributed by atoms with Crippen LogP contribution in [0, 0.1) is 0 Å². The fraction of sp³-hybridized carbons (Fsp3) is 0. The number of benzene rings is 1. The Morgan fingerprint density at radius 3 is 2.79 bits per heavy atom. The highest BCUT2D eigenvalue weighted by atomic mass is 79.9. The number of aromatic nitrogens is 1. The molecule has 2 aromatic rings. The second kappa shape index (κ2) is 4.02. The fourth-order valence-corrected chi connectivity index (χ4v) is 2.53. The summed E-state index contributed by atoms with van der Waals surface area (Å²) in [5, 5.41) is 0.510. The van der Waals surface area contributed by atoms with Gasteiger partial charge in [0.2, 0.25) is 0 Å². The zero-order valence-corrected chi connectivity index (χ0v) is 9.51. The minimum absolute atomic E-state index is 0.510. The SMILES string of the molecule is O=Cc1ncc(-c2ccccc2Br)s1. The van der Waals surface area contributed by atoms with Crippen molar-refractivity contribution in [2.45, 2.75) is 0 Å². The second-order valence-corrected chi connectivity index (χ2v) is 4.58. The normalized spacial score (nSPS) is 10.1. The van der Waals surface area contributed by atoms with Gasteiger partial charge in [0, 0.05) is 16.2 Å². The summed E-state index contributed by atoms with van der Waals surface area (Å²) >= 11 is 4.85. The molecule has 0 saturated carbocycles. The lowest BCUT2D eigenvalue weighted by molar-refractivity contribution is 0.112. The summed E-state index contributed by atoms with van der Waals surface area (Å²) in [4.78, 5) is 15.5. The van der Waals surface area contributed by atoms with E-state index in [-0.39, 0.29) is 0 Å². The molecule has 0 atom stereocenters. The number of hydrogen-bond donors (Lipinski definition) is 0. The number of nitrogens with zero attached hydrogens (tertiary/aromatic N) is 1. The summed E-state index contributed by atoms with van der Waals surface area (Å²) in [6.45, 7) is 0. The van der Waals surface area contributed by atoms with Crippen LogP contribution in [0.1, 0.15) is 9.80 Å². The Kier molecular flexibility index (Phi) is 2.74. The zero-order valence-electron chi connectivity index (χ0n) is 7.11. The number of halogens is 1. The molecule has 1 aromatic carbocycles. The quantitative estimate of drug-likeness (QED) is 0.781. The van der Waals surface area contributed by atoms with Gasteiger partial charge in [0.25, 0.3) is 0 Å². The van der Waals surface area contributed by atoms with Crippen molar-refractivity contribution in [1.82, 2.24) is 4.98 Å². The molecule has 2 rings (SSSR count). The minimum atomic E-state index is 0.510. The van der Waals surface area contributed by atoms with Gasteiger partial charge in [-0.2, -0.15) is 0 Å². The lowest BCUT2D eigenvalue weighted by atomic mass is 10.2. The molecule has 0 aliphatic carbocycles. The van der Waals surface area contributed by atoms with Crippen LogP contribution in [-0.2, 0) is 0 Å². The summed E-state index contributed by atoms with van der Waals surface area (Å²) in [6.07, 6.45) is 2.49. The van der Waals surface area contributed by atoms with E-state index in [4.69, 9.17) is 0 Å². The van der Waals surface area contributed by atoms with Crippen molar-refractivity contribution in [3.63, 3.8) is 0 Å². The van der Waals surface area contributed by atoms with E-state index in [0.29, 0.717) is 5.01 Å². The topological polar surface area (TPSA) is 30.0 Å². The van der Waals surface area contributed by atoms with Crippen molar-refractivity contribution in [2.75, 3.05) is 0 Å². The lowest BCUT2D eigenvalue weighted by Crippen LogP contribution is -1.72. The maximum absolute atomic E-state index is 10.5. The Bertz CT molecular complexity index is 467. The number of aldehydes is 1. The second-order valence-electron chi connectivity index (χ2n) is 2.66. The molecule has 0 spiro atoms. The predicted octanol–water partition coefficient (Wildman–Crippen LogP) is 3.39. The molecule has 4 heteroatoms. The Hall–Kier alpha value is -1.000. The van der Waals surface area contributed by atoms with E-state index in [0.717, 1.165) is 21.2 Å². The largest absolute Gasteiger partial charge is 0.295 e. The van der Waals surface area contributed by atoms with Crippen LogP contribution in [0.15, 0.2) is 34.9 Å². The predicted molar refractivity (Wildman–Crippen MR) is 60.6 cm³/mol. The van der Waals surface area contributed by atoms with Crippen LogP contribution in [0.3, 0.4) is 0 Å². The van der Waals surface area contributed by atoms with Gasteiger partial charge in [-0.3, -0.25) is 4.79 Å². The number of carbonyl (C=O) groups is 1. The van der Waals surface area contributed by atoms with Crippen LogP contribution in [0.5, 0.6) is 0 Å². The summed E-state index contributed by atoms with van der Waals surface area (Å²) in [5.41, 5.74) is 1.07. The summed E-state index contributed by atoms with van der Waals surface area (Å²) < 4.78 is 1.01. The average molecular weight is 268 g/mol. The Labute approximate surface area is 93.7 Å². The van der Waals surface area contributed by atoms with Gasteiger partial charge in [-0.15, -0.1) is 11.3 Å². The lowest BCUT2D eigenvalue weighted by Gasteiger charge is -1.98. The maximum Gasteiger partial charge on any atom is 0.178 e. The number of carbonyl (C=O) groups excluding carboxylic acids is 1. The van der Waals surface area contributed by atoms with Crippen molar-refractivity contribution in [2.24, 2.45) is 0 Å². The van der Waals surface area contributed by atoms with Crippen molar-refractivity contribution in [3.8, 4) is 10.4 Å². The highest BCUT2D eigenvalue weighted by Crippen LogP contribution is 2.31. The molecule has 0 aliphatic heterocycles. The van der Waals surface area contributed by atoms with Gasteiger partial charge in [-0.05, 0) is 6.07 Å². The van der Waals surface area contributed by atoms with Crippen LogP contribution in [-0.4, -0.2) is 11.3 Å². The molecule has 0 amide bonds. The molecule has 1 aromatic heterocycles. The Balaban J connectivity index is 2.49. The number of hydrogen-bond acceptors (Lipinski definition) is 3. The molecular weight excluding hydrogens is 262 g/mol. The highest BCUT2D eigenvalue weighted by molar-refractivity contribution is 9.10. The third kappa shape index (κ3) is 1.76. The first-order valence-electron chi connectivity index (χ1n) is 3.97. The standard InChI is InChI=1S/C10H6BrNOS/c11-8-4-2-1-3-7(8)9-5-12-10(6-13)14-9/h1-6H. The first-order chi connectivity index (χ1) is 6.81. The molecule has 2 nitrogen and oxygen atoms in total. The maximum atomic E-state index is 10.5. The van der Waals surface area contributed by atoms with Crippen LogP contribution < -0.4 is 0 Å². The van der Waals surface area contributed by atoms with Crippen LogP contribution in [0.4, 0.5) is 0 Å². The zero-order chi connectivity index (χ0) is 9.97. The van der Waals surface area contributed by atoms with Crippen LogP contribution >= 0.6 is 27.3 Å². The monoisotopic (exact) mass is 267 g/mol. The van der Waals surface area contributed by atoms with Crippen LogP contribution in [0.2, 0.25) is 0 Å². The molecule has 0 radical (unpaired) electrons. The molecule has 0 unspecified atom stereocenters. The third-order valence-electron chi connectivity index (χ3n) is 1.76. The molecule has 70 valence electrons. The van der Waals surface area contributed by atoms with E-state index in [9.17, 15) is 4.79 Å². The van der Waals surface area contributed by atoms with Crippen molar-refractivity contribution >= 4 is 33.6 Å². The van der Waals surface area contributed by atoms with Gasteiger partial charge in [-0.1, -0.05) is 34.1 Å². The Morgan fingerprint density at radius 2 is 2.14 bits per heavy atom. The average Bonchev–Trinajstić information content (AvgIpc) is 2.67. The van der Waals surface area contributed by atoms with Crippen LogP contribution in [0.25, 0.3) is 10.4 Å². The molecule has 0 fully saturated rings. The summed E-state index contributed by atoms with van der Waals surface area (Å²) in [5.74, 6) is 0.